The molecule has 1 heterocycles. The fourth-order valence-corrected chi connectivity index (χ4v) is 5.59. The molecule has 0 fully saturated rings. The first-order chi connectivity index (χ1) is 20.0. The molecule has 2 N–H and O–H groups in total. The second kappa shape index (κ2) is 13.7. The van der Waals surface area contributed by atoms with Crippen molar-refractivity contribution >= 4 is 56.9 Å². The highest BCUT2D eigenvalue weighted by atomic mass is 35.5. The molecular formula is C29H26Cl2N4O6S. The number of methoxy groups -OCH3 is 1. The van der Waals surface area contributed by atoms with E-state index in [0.29, 0.717) is 32.8 Å². The van der Waals surface area contributed by atoms with E-state index >= 15 is 0 Å². The molecule has 0 bridgehead atoms. The second-order valence-electron chi connectivity index (χ2n) is 9.01. The van der Waals surface area contributed by atoms with E-state index in [-0.39, 0.29) is 23.7 Å². The highest BCUT2D eigenvalue weighted by Crippen LogP contribution is 2.27. The zero-order valence-corrected chi connectivity index (χ0v) is 24.8. The van der Waals surface area contributed by atoms with Crippen LogP contribution in [0.3, 0.4) is 0 Å². The van der Waals surface area contributed by atoms with E-state index in [1.807, 2.05) is 6.92 Å². The summed E-state index contributed by atoms with van der Waals surface area (Å²) in [6, 6.07) is 21.0. The van der Waals surface area contributed by atoms with Crippen molar-refractivity contribution in [2.24, 2.45) is 5.10 Å². The number of hydrogen-bond donors (Lipinski definition) is 2. The number of sulfonamides is 1. The van der Waals surface area contributed by atoms with Gasteiger partial charge in [-0.3, -0.25) is 9.59 Å². The molecule has 0 aliphatic heterocycles. The Kier molecular flexibility index (Phi) is 10.0. The lowest BCUT2D eigenvalue weighted by Crippen LogP contribution is -2.32. The topological polar surface area (TPSA) is 130 Å². The Labute approximate surface area is 252 Å². The van der Waals surface area contributed by atoms with Gasteiger partial charge in [-0.2, -0.15) is 9.41 Å². The lowest BCUT2D eigenvalue weighted by atomic mass is 10.2. The number of aryl methyl sites for hydroxylation is 1. The van der Waals surface area contributed by atoms with Crippen molar-refractivity contribution < 1.29 is 27.2 Å². The van der Waals surface area contributed by atoms with E-state index in [9.17, 15) is 18.0 Å². The maximum absolute atomic E-state index is 13.6. The molecule has 2 amide bonds. The van der Waals surface area contributed by atoms with Crippen LogP contribution in [0.1, 0.15) is 22.6 Å². The molecule has 0 aliphatic carbocycles. The van der Waals surface area contributed by atoms with Crippen molar-refractivity contribution in [1.82, 2.24) is 9.73 Å². The van der Waals surface area contributed by atoms with Gasteiger partial charge in [-0.15, -0.1) is 0 Å². The van der Waals surface area contributed by atoms with Crippen molar-refractivity contribution in [3.63, 3.8) is 0 Å². The average Bonchev–Trinajstić information content (AvgIpc) is 3.41. The number of anilines is 1. The minimum Gasteiger partial charge on any atom is -0.497 e. The summed E-state index contributed by atoms with van der Waals surface area (Å²) in [6.07, 6.45) is 1.19. The summed E-state index contributed by atoms with van der Waals surface area (Å²) >= 11 is 12.4. The number of amides is 2. The molecule has 10 nitrogen and oxygen atoms in total. The highest BCUT2D eigenvalue weighted by molar-refractivity contribution is 7.89. The lowest BCUT2D eigenvalue weighted by Gasteiger charge is -2.22. The molecule has 0 aliphatic rings. The molecule has 4 aromatic rings. The zero-order chi connectivity index (χ0) is 30.3. The second-order valence-corrected chi connectivity index (χ2v) is 11.8. The number of benzene rings is 3. The number of halogens is 2. The van der Waals surface area contributed by atoms with Crippen LogP contribution in [0, 0.1) is 6.92 Å². The molecule has 0 atom stereocenters. The first kappa shape index (κ1) is 30.8. The Morgan fingerprint density at radius 2 is 1.74 bits per heavy atom. The number of carbonyl (C=O) groups excluding carboxylic acids is 2. The maximum Gasteiger partial charge on any atom is 0.329 e. The van der Waals surface area contributed by atoms with Gasteiger partial charge >= 0.3 is 11.8 Å². The molecule has 0 radical (unpaired) electrons. The van der Waals surface area contributed by atoms with Crippen molar-refractivity contribution in [1.29, 1.82) is 0 Å². The van der Waals surface area contributed by atoms with Gasteiger partial charge in [-0.05, 0) is 61.0 Å². The van der Waals surface area contributed by atoms with E-state index in [1.165, 1.54) is 29.8 Å². The summed E-state index contributed by atoms with van der Waals surface area (Å²) in [4.78, 5) is 24.4. The van der Waals surface area contributed by atoms with Crippen molar-refractivity contribution in [2.75, 3.05) is 12.4 Å². The lowest BCUT2D eigenvalue weighted by molar-refractivity contribution is -0.136. The Hall–Kier alpha value is -4.16. The van der Waals surface area contributed by atoms with Crippen LogP contribution < -0.4 is 15.5 Å². The molecule has 42 heavy (non-hydrogen) atoms. The van der Waals surface area contributed by atoms with Crippen LogP contribution in [-0.2, 0) is 32.7 Å². The first-order valence-electron chi connectivity index (χ1n) is 12.4. The molecule has 13 heteroatoms. The minimum atomic E-state index is -3.96. The van der Waals surface area contributed by atoms with Crippen molar-refractivity contribution in [2.45, 2.75) is 24.9 Å². The van der Waals surface area contributed by atoms with E-state index < -0.39 is 21.8 Å². The maximum atomic E-state index is 13.6. The number of rotatable bonds is 10. The zero-order valence-electron chi connectivity index (χ0n) is 22.5. The fourth-order valence-electron chi connectivity index (χ4n) is 3.74. The largest absolute Gasteiger partial charge is 0.497 e. The molecule has 0 saturated heterocycles. The molecule has 4 rings (SSSR count). The van der Waals surface area contributed by atoms with Gasteiger partial charge in [0.25, 0.3) is 0 Å². The van der Waals surface area contributed by atoms with Gasteiger partial charge in [0.1, 0.15) is 17.3 Å². The van der Waals surface area contributed by atoms with Gasteiger partial charge in [0.15, 0.2) is 0 Å². The molecule has 1 aromatic heterocycles. The molecular weight excluding hydrogens is 603 g/mol. The van der Waals surface area contributed by atoms with Gasteiger partial charge in [-0.1, -0.05) is 53.0 Å². The van der Waals surface area contributed by atoms with Crippen LogP contribution in [-0.4, -0.2) is 37.9 Å². The Morgan fingerprint density at radius 1 is 0.976 bits per heavy atom. The summed E-state index contributed by atoms with van der Waals surface area (Å²) in [5, 5.41) is 6.95. The van der Waals surface area contributed by atoms with Gasteiger partial charge in [-0.25, -0.2) is 13.8 Å². The third-order valence-electron chi connectivity index (χ3n) is 5.93. The van der Waals surface area contributed by atoms with E-state index in [4.69, 9.17) is 32.4 Å². The molecule has 0 spiro atoms. The number of hydrazone groups is 1. The standard InChI is InChI=1S/C29H26Cl2N4O6S/c1-19-6-12-26(13-7-19)42(38,39)35(17-20-8-9-21(30)14-27(20)31)18-25-11-10-24(41-25)16-32-34-29(37)28(36)33-22-4-3-5-23(15-22)40-2/h3-16H,17-18H2,1-2H3,(H,33,36)(H,34,37)/b32-16+. The summed E-state index contributed by atoms with van der Waals surface area (Å²) in [5.74, 6) is -0.897. The summed E-state index contributed by atoms with van der Waals surface area (Å²) in [5.41, 5.74) is 3.97. The quantitative estimate of drug-likeness (QED) is 0.138. The van der Waals surface area contributed by atoms with Gasteiger partial charge in [0, 0.05) is 28.3 Å². The first-order valence-corrected chi connectivity index (χ1v) is 14.6. The number of carbonyl (C=O) groups is 2. The highest BCUT2D eigenvalue weighted by Gasteiger charge is 2.27. The van der Waals surface area contributed by atoms with E-state index in [1.54, 1.807) is 66.7 Å². The molecule has 218 valence electrons. The smallest absolute Gasteiger partial charge is 0.329 e. The van der Waals surface area contributed by atoms with Crippen LogP contribution in [0.4, 0.5) is 5.69 Å². The van der Waals surface area contributed by atoms with Crippen LogP contribution >= 0.6 is 23.2 Å². The Morgan fingerprint density at radius 3 is 2.45 bits per heavy atom. The van der Waals surface area contributed by atoms with E-state index in [0.717, 1.165) is 5.56 Å². The fraction of sp³-hybridized carbons (Fsp3) is 0.138. The van der Waals surface area contributed by atoms with E-state index in [2.05, 4.69) is 15.8 Å². The Bertz CT molecular complexity index is 1720. The molecule has 3 aromatic carbocycles. The SMILES string of the molecule is COc1cccc(NC(=O)C(=O)N/N=C/c2ccc(CN(Cc3ccc(Cl)cc3Cl)S(=O)(=O)c3ccc(C)cc3)o2)c1. The van der Waals surface area contributed by atoms with Crippen molar-refractivity contribution in [3.05, 3.63) is 112 Å². The summed E-state index contributed by atoms with van der Waals surface area (Å²) < 4.78 is 39.3. The molecule has 0 saturated carbocycles. The number of nitrogens with one attached hydrogen (secondary N) is 2. The number of ether oxygens (including phenoxy) is 1. The number of nitrogens with zero attached hydrogens (tertiary/aromatic N) is 2. The van der Waals surface area contributed by atoms with Crippen LogP contribution in [0.5, 0.6) is 5.75 Å². The minimum absolute atomic E-state index is 0.0468. The van der Waals surface area contributed by atoms with Crippen LogP contribution in [0.15, 0.2) is 93.3 Å². The van der Waals surface area contributed by atoms with Crippen molar-refractivity contribution in [3.8, 4) is 5.75 Å². The van der Waals surface area contributed by atoms with Crippen LogP contribution in [0.25, 0.3) is 0 Å². The van der Waals surface area contributed by atoms with Gasteiger partial charge in [0.05, 0.1) is 24.8 Å². The monoisotopic (exact) mass is 628 g/mol. The van der Waals surface area contributed by atoms with Gasteiger partial charge < -0.3 is 14.5 Å². The normalized spacial score (nSPS) is 11.5. The summed E-state index contributed by atoms with van der Waals surface area (Å²) in [7, 11) is -2.48. The number of hydrogen-bond acceptors (Lipinski definition) is 7. The third kappa shape index (κ3) is 7.98. The number of furan rings is 1. The molecule has 0 unspecified atom stereocenters. The predicted octanol–water partition coefficient (Wildman–Crippen LogP) is 5.38. The Balaban J connectivity index is 1.46. The predicted molar refractivity (Wildman–Crippen MR) is 160 cm³/mol. The van der Waals surface area contributed by atoms with Gasteiger partial charge in [0.2, 0.25) is 10.0 Å². The third-order valence-corrected chi connectivity index (χ3v) is 8.32. The summed E-state index contributed by atoms with van der Waals surface area (Å²) in [6.45, 7) is 1.69. The average molecular weight is 630 g/mol. The van der Waals surface area contributed by atoms with Crippen LogP contribution in [0.2, 0.25) is 10.0 Å².